The van der Waals surface area contributed by atoms with Gasteiger partial charge < -0.3 is 10.2 Å². The van der Waals surface area contributed by atoms with E-state index in [1.54, 1.807) is 6.20 Å². The third-order valence-electron chi connectivity index (χ3n) is 4.99. The molecule has 0 radical (unpaired) electrons. The van der Waals surface area contributed by atoms with Gasteiger partial charge in [0.15, 0.2) is 0 Å². The molecule has 2 aromatic carbocycles. The Morgan fingerprint density at radius 2 is 1.54 bits per heavy atom. The molecule has 1 aromatic heterocycles. The van der Waals surface area contributed by atoms with Crippen molar-refractivity contribution in [2.75, 3.05) is 36.4 Å². The number of rotatable bonds is 5. The molecule has 28 heavy (non-hydrogen) atoms. The number of para-hydroxylation sites is 1. The summed E-state index contributed by atoms with van der Waals surface area (Å²) < 4.78 is 0. The summed E-state index contributed by atoms with van der Waals surface area (Å²) in [6.07, 6.45) is 1.66. The molecule has 0 unspecified atom stereocenters. The number of benzene rings is 2. The minimum absolute atomic E-state index is 0.141. The SMILES string of the molecule is O=C(Nc1ccccc1)c1ccc(N2CCN(Cc3ccccc3)CC2)nc1. The van der Waals surface area contributed by atoms with E-state index in [2.05, 4.69) is 50.4 Å². The number of carbonyl (C=O) groups is 1. The van der Waals surface area contributed by atoms with E-state index in [0.717, 1.165) is 44.2 Å². The molecular formula is C23H24N4O. The summed E-state index contributed by atoms with van der Waals surface area (Å²) in [4.78, 5) is 21.6. The standard InChI is InChI=1S/C23H24N4O/c28-23(25-21-9-5-2-6-10-21)20-11-12-22(24-17-20)27-15-13-26(14-16-27)18-19-7-3-1-4-8-19/h1-12,17H,13-16,18H2,(H,25,28). The van der Waals surface area contributed by atoms with Crippen molar-refractivity contribution in [3.63, 3.8) is 0 Å². The van der Waals surface area contributed by atoms with E-state index in [0.29, 0.717) is 5.56 Å². The van der Waals surface area contributed by atoms with Crippen LogP contribution in [0.15, 0.2) is 79.0 Å². The van der Waals surface area contributed by atoms with Gasteiger partial charge in [0, 0.05) is 44.6 Å². The maximum Gasteiger partial charge on any atom is 0.257 e. The molecule has 1 aliphatic heterocycles. The molecule has 4 rings (SSSR count). The fourth-order valence-electron chi connectivity index (χ4n) is 3.41. The predicted molar refractivity (Wildman–Crippen MR) is 113 cm³/mol. The first kappa shape index (κ1) is 18.2. The largest absolute Gasteiger partial charge is 0.354 e. The average Bonchev–Trinajstić information content (AvgIpc) is 2.76. The minimum atomic E-state index is -0.141. The molecule has 0 spiro atoms. The van der Waals surface area contributed by atoms with Crippen LogP contribution < -0.4 is 10.2 Å². The normalized spacial score (nSPS) is 14.6. The van der Waals surface area contributed by atoms with Crippen molar-refractivity contribution in [1.29, 1.82) is 0 Å². The molecule has 5 heteroatoms. The third kappa shape index (κ3) is 4.56. The van der Waals surface area contributed by atoms with E-state index in [1.807, 2.05) is 42.5 Å². The monoisotopic (exact) mass is 372 g/mol. The average molecular weight is 372 g/mol. The Bertz CT molecular complexity index is 889. The third-order valence-corrected chi connectivity index (χ3v) is 4.99. The van der Waals surface area contributed by atoms with Crippen LogP contribution in [0.3, 0.4) is 0 Å². The van der Waals surface area contributed by atoms with E-state index in [4.69, 9.17) is 0 Å². The molecule has 0 saturated carbocycles. The highest BCUT2D eigenvalue weighted by molar-refractivity contribution is 6.04. The smallest absolute Gasteiger partial charge is 0.257 e. The van der Waals surface area contributed by atoms with Gasteiger partial charge in [-0.25, -0.2) is 4.98 Å². The molecule has 0 atom stereocenters. The van der Waals surface area contributed by atoms with Crippen LogP contribution in [0.25, 0.3) is 0 Å². The van der Waals surface area contributed by atoms with Crippen LogP contribution in [0, 0.1) is 0 Å². The first-order chi connectivity index (χ1) is 13.8. The fraction of sp³-hybridized carbons (Fsp3) is 0.217. The van der Waals surface area contributed by atoms with Gasteiger partial charge in [-0.2, -0.15) is 0 Å². The van der Waals surface area contributed by atoms with Crippen molar-refractivity contribution in [2.24, 2.45) is 0 Å². The molecule has 0 bridgehead atoms. The van der Waals surface area contributed by atoms with Crippen LogP contribution in [0.1, 0.15) is 15.9 Å². The molecule has 1 aliphatic rings. The zero-order chi connectivity index (χ0) is 19.2. The van der Waals surface area contributed by atoms with E-state index in [9.17, 15) is 4.79 Å². The van der Waals surface area contributed by atoms with Crippen LogP contribution in [0.2, 0.25) is 0 Å². The lowest BCUT2D eigenvalue weighted by Crippen LogP contribution is -2.46. The van der Waals surface area contributed by atoms with Gasteiger partial charge in [0.05, 0.1) is 5.56 Å². The van der Waals surface area contributed by atoms with E-state index >= 15 is 0 Å². The number of anilines is 2. The summed E-state index contributed by atoms with van der Waals surface area (Å²) in [5, 5.41) is 2.89. The highest BCUT2D eigenvalue weighted by atomic mass is 16.1. The number of nitrogens with one attached hydrogen (secondary N) is 1. The lowest BCUT2D eigenvalue weighted by atomic mass is 10.2. The first-order valence-corrected chi connectivity index (χ1v) is 9.61. The minimum Gasteiger partial charge on any atom is -0.354 e. The molecular weight excluding hydrogens is 348 g/mol. The lowest BCUT2D eigenvalue weighted by Gasteiger charge is -2.35. The molecule has 0 aliphatic carbocycles. The Kier molecular flexibility index (Phi) is 5.64. The van der Waals surface area contributed by atoms with Crippen LogP contribution in [-0.2, 0) is 6.54 Å². The molecule has 5 nitrogen and oxygen atoms in total. The molecule has 2 heterocycles. The summed E-state index contributed by atoms with van der Waals surface area (Å²) in [6.45, 7) is 4.88. The Labute approximate surface area is 165 Å². The van der Waals surface area contributed by atoms with Crippen molar-refractivity contribution in [1.82, 2.24) is 9.88 Å². The summed E-state index contributed by atoms with van der Waals surface area (Å²) in [6, 6.07) is 23.8. The van der Waals surface area contributed by atoms with Crippen LogP contribution in [0.5, 0.6) is 0 Å². The number of hydrogen-bond donors (Lipinski definition) is 1. The Morgan fingerprint density at radius 1 is 0.857 bits per heavy atom. The van der Waals surface area contributed by atoms with E-state index < -0.39 is 0 Å². The molecule has 142 valence electrons. The Morgan fingerprint density at radius 3 is 2.18 bits per heavy atom. The van der Waals surface area contributed by atoms with Gasteiger partial charge in [0.1, 0.15) is 5.82 Å². The fourth-order valence-corrected chi connectivity index (χ4v) is 3.41. The first-order valence-electron chi connectivity index (χ1n) is 9.61. The van der Waals surface area contributed by atoms with Gasteiger partial charge in [0.2, 0.25) is 0 Å². The van der Waals surface area contributed by atoms with Gasteiger partial charge in [-0.3, -0.25) is 9.69 Å². The molecule has 1 saturated heterocycles. The van der Waals surface area contributed by atoms with Gasteiger partial charge in [0.25, 0.3) is 5.91 Å². The number of hydrogen-bond acceptors (Lipinski definition) is 4. The maximum atomic E-state index is 12.3. The van der Waals surface area contributed by atoms with Crippen molar-refractivity contribution in [3.8, 4) is 0 Å². The van der Waals surface area contributed by atoms with Gasteiger partial charge in [-0.1, -0.05) is 48.5 Å². The molecule has 1 N–H and O–H groups in total. The van der Waals surface area contributed by atoms with Crippen molar-refractivity contribution in [2.45, 2.75) is 6.54 Å². The number of aromatic nitrogens is 1. The van der Waals surface area contributed by atoms with Gasteiger partial charge in [-0.05, 0) is 29.8 Å². The number of amides is 1. The van der Waals surface area contributed by atoms with Crippen molar-refractivity contribution in [3.05, 3.63) is 90.1 Å². The van der Waals surface area contributed by atoms with E-state index in [-0.39, 0.29) is 5.91 Å². The molecule has 1 amide bonds. The van der Waals surface area contributed by atoms with Crippen molar-refractivity contribution >= 4 is 17.4 Å². The lowest BCUT2D eigenvalue weighted by molar-refractivity contribution is 0.102. The number of piperazine rings is 1. The van der Waals surface area contributed by atoms with Gasteiger partial charge in [-0.15, -0.1) is 0 Å². The summed E-state index contributed by atoms with van der Waals surface area (Å²) >= 11 is 0. The zero-order valence-electron chi connectivity index (χ0n) is 15.8. The van der Waals surface area contributed by atoms with Crippen LogP contribution >= 0.6 is 0 Å². The summed E-state index contributed by atoms with van der Waals surface area (Å²) in [5.74, 6) is 0.786. The number of carbonyl (C=O) groups excluding carboxylic acids is 1. The van der Waals surface area contributed by atoms with Crippen LogP contribution in [-0.4, -0.2) is 42.0 Å². The van der Waals surface area contributed by atoms with Crippen LogP contribution in [0.4, 0.5) is 11.5 Å². The highest BCUT2D eigenvalue weighted by Gasteiger charge is 2.18. The second-order valence-corrected chi connectivity index (χ2v) is 6.97. The van der Waals surface area contributed by atoms with E-state index in [1.165, 1.54) is 5.56 Å². The second kappa shape index (κ2) is 8.67. The number of nitrogens with zero attached hydrogens (tertiary/aromatic N) is 3. The highest BCUT2D eigenvalue weighted by Crippen LogP contribution is 2.16. The molecule has 1 fully saturated rings. The zero-order valence-corrected chi connectivity index (χ0v) is 15.8. The van der Waals surface area contributed by atoms with Crippen molar-refractivity contribution < 1.29 is 4.79 Å². The topological polar surface area (TPSA) is 48.5 Å². The summed E-state index contributed by atoms with van der Waals surface area (Å²) in [7, 11) is 0. The maximum absolute atomic E-state index is 12.3. The summed E-state index contributed by atoms with van der Waals surface area (Å²) in [5.41, 5.74) is 2.70. The number of pyridine rings is 1. The second-order valence-electron chi connectivity index (χ2n) is 6.97. The van der Waals surface area contributed by atoms with Gasteiger partial charge >= 0.3 is 0 Å². The predicted octanol–water partition coefficient (Wildman–Crippen LogP) is 3.66. The quantitative estimate of drug-likeness (QED) is 0.743. The molecule has 3 aromatic rings. The Balaban J connectivity index is 1.31. The Hall–Kier alpha value is -3.18.